The lowest BCUT2D eigenvalue weighted by molar-refractivity contribution is -0.0496. The molecule has 0 aromatic heterocycles. The Bertz CT molecular complexity index is 1650. The molecule has 3 aromatic rings. The zero-order valence-electron chi connectivity index (χ0n) is 30.5. The fourth-order valence-corrected chi connectivity index (χ4v) is 9.22. The van der Waals surface area contributed by atoms with Crippen molar-refractivity contribution < 1.29 is 48.9 Å². The monoisotopic (exact) mass is 730 g/mol. The molecule has 3 aromatic carbocycles. The lowest BCUT2D eigenvalue weighted by Crippen LogP contribution is -2.28. The first-order valence-corrected chi connectivity index (χ1v) is 18.6. The van der Waals surface area contributed by atoms with Crippen LogP contribution in [0, 0.1) is 0 Å². The molecule has 49 heavy (non-hydrogen) atoms. The molecule has 0 unspecified atom stereocenters. The summed E-state index contributed by atoms with van der Waals surface area (Å²) in [6, 6.07) is 15.1. The number of hydrogen-bond donors (Lipinski definition) is 0. The van der Waals surface area contributed by atoms with Crippen molar-refractivity contribution in [1.82, 2.24) is 0 Å². The van der Waals surface area contributed by atoms with Gasteiger partial charge in [0.1, 0.15) is 28.2 Å². The molecule has 0 radical (unpaired) electrons. The molecule has 0 aliphatic carbocycles. The molecule has 0 saturated carbocycles. The van der Waals surface area contributed by atoms with Crippen LogP contribution in [0.5, 0.6) is 28.7 Å². The van der Waals surface area contributed by atoms with Crippen LogP contribution >= 0.6 is 10.3 Å². The predicted molar refractivity (Wildman–Crippen MR) is 186 cm³/mol. The number of methoxy groups -OCH3 is 1. The van der Waals surface area contributed by atoms with Crippen molar-refractivity contribution in [2.24, 2.45) is 0 Å². The van der Waals surface area contributed by atoms with E-state index < -0.39 is 48.3 Å². The number of alkyl halides is 3. The number of benzene rings is 3. The van der Waals surface area contributed by atoms with E-state index in [0.29, 0.717) is 11.5 Å². The van der Waals surface area contributed by atoms with E-state index in [0.717, 1.165) is 0 Å². The van der Waals surface area contributed by atoms with Gasteiger partial charge in [0.2, 0.25) is 0 Å². The van der Waals surface area contributed by atoms with Gasteiger partial charge in [-0.25, -0.2) is 0 Å². The highest BCUT2D eigenvalue weighted by atomic mass is 32.3. The van der Waals surface area contributed by atoms with Gasteiger partial charge in [0, 0.05) is 14.7 Å². The molecule has 0 aliphatic rings. The van der Waals surface area contributed by atoms with Gasteiger partial charge in [-0.3, -0.25) is 0 Å². The van der Waals surface area contributed by atoms with Crippen LogP contribution in [-0.2, 0) is 13.7 Å². The van der Waals surface area contributed by atoms with E-state index in [2.05, 4.69) is 0 Å². The first-order valence-electron chi connectivity index (χ1n) is 15.6. The highest BCUT2D eigenvalue weighted by Gasteiger charge is 2.53. The van der Waals surface area contributed by atoms with Gasteiger partial charge in [0.25, 0.3) is 0 Å². The maximum absolute atomic E-state index is 14.3. The van der Waals surface area contributed by atoms with Crippen molar-refractivity contribution in [3.63, 3.8) is 0 Å². The second-order valence-corrected chi connectivity index (χ2v) is 19.7. The molecule has 13 heteroatoms. The first kappa shape index (κ1) is 40.1. The molecule has 3 rings (SSSR count). The Kier molecular flexibility index (Phi) is 11.3. The smallest absolute Gasteiger partial charge is 0.497 e. The Morgan fingerprint density at radius 3 is 1.22 bits per heavy atom. The molecule has 0 N–H and O–H groups in total. The van der Waals surface area contributed by atoms with Crippen molar-refractivity contribution in [3.8, 4) is 28.7 Å². The highest BCUT2D eigenvalue weighted by molar-refractivity contribution is 8.33. The summed E-state index contributed by atoms with van der Waals surface area (Å²) in [7, 11) is -8.69. The molecule has 0 spiro atoms. The van der Waals surface area contributed by atoms with Gasteiger partial charge in [0.05, 0.1) is 7.11 Å². The third kappa shape index (κ3) is 10.6. The van der Waals surface area contributed by atoms with Crippen molar-refractivity contribution in [3.05, 3.63) is 60.7 Å². The Morgan fingerprint density at radius 1 is 0.510 bits per heavy atom. The quantitative estimate of drug-likeness (QED) is 0.191. The summed E-state index contributed by atoms with van der Waals surface area (Å²) in [5.74, 6) is 1.21. The van der Waals surface area contributed by atoms with Gasteiger partial charge in [0.15, 0.2) is 23.0 Å². The summed E-state index contributed by atoms with van der Waals surface area (Å²) in [4.78, 5) is 0.234. The van der Waals surface area contributed by atoms with E-state index in [-0.39, 0.29) is 31.9 Å². The largest absolute Gasteiger partial charge is 0.524 e. The summed E-state index contributed by atoms with van der Waals surface area (Å²) in [6.45, 7) is 21.8. The van der Waals surface area contributed by atoms with Crippen LogP contribution in [0.4, 0.5) is 13.2 Å². The minimum Gasteiger partial charge on any atom is -0.497 e. The topological polar surface area (TPSA) is 89.5 Å². The predicted octanol–water partition coefficient (Wildman–Crippen LogP) is 10.5. The molecule has 8 nitrogen and oxygen atoms in total. The van der Waals surface area contributed by atoms with E-state index >= 15 is 0 Å². The summed E-state index contributed by atoms with van der Waals surface area (Å²) in [6.07, 6.45) is 0. The van der Waals surface area contributed by atoms with Crippen LogP contribution in [-0.4, -0.2) is 43.4 Å². The maximum Gasteiger partial charge on any atom is 0.524 e. The van der Waals surface area contributed by atoms with Crippen molar-refractivity contribution in [2.75, 3.05) is 7.11 Å². The van der Waals surface area contributed by atoms with E-state index in [1.807, 2.05) is 41.5 Å². The van der Waals surface area contributed by atoms with E-state index in [9.17, 15) is 21.6 Å². The number of halogens is 3. The van der Waals surface area contributed by atoms with Gasteiger partial charge >= 0.3 is 15.6 Å². The molecule has 0 heterocycles. The van der Waals surface area contributed by atoms with Crippen molar-refractivity contribution in [2.45, 2.75) is 126 Å². The Morgan fingerprint density at radius 2 is 0.878 bits per heavy atom. The van der Waals surface area contributed by atoms with Gasteiger partial charge in [-0.05, 0) is 148 Å². The molecule has 0 atom stereocenters. The molecular formula is C36H49F3O8S2. The zero-order valence-corrected chi connectivity index (χ0v) is 32.1. The van der Waals surface area contributed by atoms with Gasteiger partial charge < -0.3 is 23.7 Å². The summed E-state index contributed by atoms with van der Waals surface area (Å²) in [5, 5.41) is 0. The van der Waals surface area contributed by atoms with Crippen molar-refractivity contribution >= 4 is 20.4 Å². The van der Waals surface area contributed by atoms with Crippen LogP contribution in [0.15, 0.2) is 75.4 Å². The minimum atomic E-state index is -6.24. The lowest BCUT2D eigenvalue weighted by Gasteiger charge is -2.40. The van der Waals surface area contributed by atoms with Crippen LogP contribution in [0.2, 0.25) is 0 Å². The third-order valence-corrected chi connectivity index (χ3v) is 10.9. The zero-order chi connectivity index (χ0) is 37.4. The second kappa shape index (κ2) is 13.8. The van der Waals surface area contributed by atoms with Crippen LogP contribution in [0.3, 0.4) is 0 Å². The van der Waals surface area contributed by atoms with Gasteiger partial charge in [-0.1, -0.05) is 6.07 Å². The normalized spacial score (nSPS) is 13.9. The number of rotatable bonds is 10. The maximum atomic E-state index is 14.3. The summed E-state index contributed by atoms with van der Waals surface area (Å²) in [5.41, 5.74) is -8.66. The molecule has 0 aliphatic heterocycles. The van der Waals surface area contributed by atoms with Crippen molar-refractivity contribution in [1.29, 1.82) is 0 Å². The number of ether oxygens (including phenoxy) is 5. The molecule has 0 saturated heterocycles. The molecule has 0 amide bonds. The SMILES string of the molecule is COc1cccc(S(OS(=O)(=O)C(F)(F)F)(c2ccc(OC(C)(C)C)c(OC(C)(C)C)c2)c2ccc(OC(C)(C)C)c(OC(C)(C)C)c2)c1. The standard InChI is InChI=1S/C36H49F3O8S2/c1-32(2,3)43-28-19-17-26(22-30(28)45-34(7,8)9)48(47-49(40,41)36(37,38)39,25-16-14-15-24(21-25)42-13)27-18-20-29(44-33(4,5)6)31(23-27)46-35(10,11)12/h14-23H,1-13H3. The molecule has 0 fully saturated rings. The average molecular weight is 731 g/mol. The molecular weight excluding hydrogens is 682 g/mol. The van der Waals surface area contributed by atoms with Gasteiger partial charge in [-0.2, -0.15) is 25.2 Å². The van der Waals surface area contributed by atoms with Crippen LogP contribution in [0.25, 0.3) is 0 Å². The Balaban J connectivity index is 2.61. The van der Waals surface area contributed by atoms with E-state index in [1.54, 1.807) is 53.7 Å². The summed E-state index contributed by atoms with van der Waals surface area (Å²) >= 11 is 0. The minimum absolute atomic E-state index is 0.0697. The fraction of sp³-hybridized carbons (Fsp3) is 0.500. The number of hydrogen-bond acceptors (Lipinski definition) is 8. The average Bonchev–Trinajstić information content (AvgIpc) is 2.90. The second-order valence-electron chi connectivity index (χ2n) is 15.3. The third-order valence-electron chi connectivity index (χ3n) is 6.01. The fourth-order valence-electron chi connectivity index (χ4n) is 4.46. The lowest BCUT2D eigenvalue weighted by atomic mass is 10.1. The molecule has 274 valence electrons. The Hall–Kier alpha value is -3.29. The summed E-state index contributed by atoms with van der Waals surface area (Å²) < 4.78 is 105. The first-order chi connectivity index (χ1) is 22.1. The highest BCUT2D eigenvalue weighted by Crippen LogP contribution is 2.72. The molecule has 0 bridgehead atoms. The Labute approximate surface area is 290 Å². The van der Waals surface area contributed by atoms with E-state index in [1.165, 1.54) is 55.6 Å². The van der Waals surface area contributed by atoms with E-state index in [4.69, 9.17) is 27.3 Å². The van der Waals surface area contributed by atoms with Crippen LogP contribution in [0.1, 0.15) is 83.1 Å². The van der Waals surface area contributed by atoms with Gasteiger partial charge in [-0.15, -0.1) is 0 Å². The van der Waals surface area contributed by atoms with Crippen LogP contribution < -0.4 is 23.7 Å².